The molecule has 0 fully saturated rings. The van der Waals surface area contributed by atoms with E-state index in [0.717, 1.165) is 5.56 Å². The molecule has 0 atom stereocenters. The molecule has 6 heteroatoms. The van der Waals surface area contributed by atoms with Gasteiger partial charge < -0.3 is 9.47 Å². The molecule has 0 spiro atoms. The summed E-state index contributed by atoms with van der Waals surface area (Å²) in [6, 6.07) is 12.5. The molecule has 0 heterocycles. The summed E-state index contributed by atoms with van der Waals surface area (Å²) in [7, 11) is 1.52. The van der Waals surface area contributed by atoms with Crippen LogP contribution in [0.1, 0.15) is 0 Å². The van der Waals surface area contributed by atoms with Crippen molar-refractivity contribution in [2.75, 3.05) is 7.11 Å². The normalized spacial score (nSPS) is 11.5. The van der Waals surface area contributed by atoms with Crippen LogP contribution in [0.5, 0.6) is 11.5 Å². The van der Waals surface area contributed by atoms with Crippen molar-refractivity contribution in [2.45, 2.75) is 12.5 Å². The highest BCUT2D eigenvalue weighted by Gasteiger charge is 2.43. The van der Waals surface area contributed by atoms with Crippen molar-refractivity contribution >= 4 is 0 Å². The molecule has 2 nitrogen and oxygen atoms in total. The first-order valence-corrected chi connectivity index (χ1v) is 6.02. The summed E-state index contributed by atoms with van der Waals surface area (Å²) in [5.74, 6) is 0.323. The van der Waals surface area contributed by atoms with Gasteiger partial charge in [0.1, 0.15) is 11.5 Å². The van der Waals surface area contributed by atoms with Crippen LogP contribution in [0.25, 0.3) is 11.1 Å². The zero-order chi connectivity index (χ0) is 15.5. The van der Waals surface area contributed by atoms with Crippen LogP contribution in [0, 0.1) is 0 Å². The van der Waals surface area contributed by atoms with Crippen LogP contribution >= 0.6 is 0 Å². The zero-order valence-electron chi connectivity index (χ0n) is 11.0. The summed E-state index contributed by atoms with van der Waals surface area (Å²) in [6.07, 6.45) is -8.40. The van der Waals surface area contributed by atoms with Crippen LogP contribution in [-0.2, 0) is 0 Å². The third-order valence-corrected chi connectivity index (χ3v) is 2.77. The molecule has 21 heavy (non-hydrogen) atoms. The van der Waals surface area contributed by atoms with Gasteiger partial charge in [-0.25, -0.2) is 0 Å². The fraction of sp³-hybridized carbons (Fsp3) is 0.200. The first-order valence-electron chi connectivity index (χ1n) is 6.02. The second-order valence-corrected chi connectivity index (χ2v) is 4.22. The Bertz CT molecular complexity index is 597. The second-order valence-electron chi connectivity index (χ2n) is 4.22. The van der Waals surface area contributed by atoms with Gasteiger partial charge in [-0.15, -0.1) is 0 Å². The molecule has 0 bridgehead atoms. The van der Waals surface area contributed by atoms with Crippen molar-refractivity contribution in [1.29, 1.82) is 0 Å². The molecule has 2 aromatic carbocycles. The Kier molecular flexibility index (Phi) is 4.35. The minimum atomic E-state index is -4.52. The fourth-order valence-corrected chi connectivity index (χ4v) is 1.72. The lowest BCUT2D eigenvalue weighted by atomic mass is 10.1. The Hall–Kier alpha value is -2.24. The molecule has 0 aliphatic heterocycles. The number of benzene rings is 2. The summed E-state index contributed by atoms with van der Waals surface area (Å²) < 4.78 is 59.1. The number of methoxy groups -OCH3 is 1. The monoisotopic (exact) mass is 300 g/mol. The van der Waals surface area contributed by atoms with E-state index in [2.05, 4.69) is 4.74 Å². The minimum Gasteiger partial charge on any atom is -0.497 e. The van der Waals surface area contributed by atoms with E-state index in [1.165, 1.54) is 25.3 Å². The van der Waals surface area contributed by atoms with Gasteiger partial charge in [-0.05, 0) is 35.4 Å². The number of ether oxygens (including phenoxy) is 2. The van der Waals surface area contributed by atoms with E-state index < -0.39 is 12.5 Å². The Morgan fingerprint density at radius 2 is 1.57 bits per heavy atom. The maximum atomic E-state index is 12.9. The highest BCUT2D eigenvalue weighted by Crippen LogP contribution is 2.30. The molecule has 112 valence electrons. The molecule has 0 saturated carbocycles. The van der Waals surface area contributed by atoms with E-state index in [1.807, 2.05) is 0 Å². The number of rotatable bonds is 5. The Morgan fingerprint density at radius 1 is 0.905 bits per heavy atom. The van der Waals surface area contributed by atoms with Gasteiger partial charge in [0.15, 0.2) is 0 Å². The van der Waals surface area contributed by atoms with Crippen LogP contribution < -0.4 is 9.47 Å². The highest BCUT2D eigenvalue weighted by atomic mass is 19.3. The van der Waals surface area contributed by atoms with E-state index in [0.29, 0.717) is 11.3 Å². The van der Waals surface area contributed by atoms with E-state index in [1.54, 1.807) is 30.3 Å². The van der Waals surface area contributed by atoms with Crippen LogP contribution in [0.15, 0.2) is 48.5 Å². The number of halogens is 4. The van der Waals surface area contributed by atoms with Crippen molar-refractivity contribution in [3.05, 3.63) is 48.5 Å². The minimum absolute atomic E-state index is 0.325. The summed E-state index contributed by atoms with van der Waals surface area (Å²) in [5.41, 5.74) is 1.29. The molecule has 0 unspecified atom stereocenters. The average molecular weight is 300 g/mol. The van der Waals surface area contributed by atoms with Crippen LogP contribution in [0.2, 0.25) is 0 Å². The predicted molar refractivity (Wildman–Crippen MR) is 70.0 cm³/mol. The van der Waals surface area contributed by atoms with E-state index in [4.69, 9.17) is 4.74 Å². The van der Waals surface area contributed by atoms with Gasteiger partial charge >= 0.3 is 12.5 Å². The smallest absolute Gasteiger partial charge is 0.461 e. The van der Waals surface area contributed by atoms with Crippen LogP contribution in [0.3, 0.4) is 0 Å². The summed E-state index contributed by atoms with van der Waals surface area (Å²) in [6.45, 7) is 0. The van der Waals surface area contributed by atoms with Gasteiger partial charge in [-0.1, -0.05) is 24.3 Å². The average Bonchev–Trinajstić information content (AvgIpc) is 2.47. The van der Waals surface area contributed by atoms with E-state index in [-0.39, 0.29) is 5.75 Å². The van der Waals surface area contributed by atoms with Crippen molar-refractivity contribution < 1.29 is 27.0 Å². The van der Waals surface area contributed by atoms with Crippen molar-refractivity contribution in [1.82, 2.24) is 0 Å². The predicted octanol–water partition coefficient (Wildman–Crippen LogP) is 4.60. The first kappa shape index (κ1) is 15.2. The third-order valence-electron chi connectivity index (χ3n) is 2.77. The zero-order valence-corrected chi connectivity index (χ0v) is 11.0. The standard InChI is InChI=1S/C15H12F4O2/c1-20-12-7-5-10(6-8-12)11-3-2-4-13(9-11)21-15(18,19)14(16)17/h2-9,14H,1H3. The van der Waals surface area contributed by atoms with Crippen molar-refractivity contribution in [3.8, 4) is 22.6 Å². The SMILES string of the molecule is COc1ccc(-c2cccc(OC(F)(F)C(F)F)c2)cc1. The molecule has 0 saturated heterocycles. The number of hydrogen-bond donors (Lipinski definition) is 0. The Labute approximate surface area is 118 Å². The van der Waals surface area contributed by atoms with Crippen molar-refractivity contribution in [2.24, 2.45) is 0 Å². The third kappa shape index (κ3) is 3.65. The summed E-state index contributed by atoms with van der Waals surface area (Å²) >= 11 is 0. The molecule has 0 radical (unpaired) electrons. The van der Waals surface area contributed by atoms with Gasteiger partial charge in [0, 0.05) is 0 Å². The van der Waals surface area contributed by atoms with E-state index in [9.17, 15) is 17.6 Å². The van der Waals surface area contributed by atoms with E-state index >= 15 is 0 Å². The van der Waals surface area contributed by atoms with Crippen LogP contribution in [0.4, 0.5) is 17.6 Å². The van der Waals surface area contributed by atoms with Gasteiger partial charge in [0.05, 0.1) is 7.11 Å². The van der Waals surface area contributed by atoms with Gasteiger partial charge in [-0.2, -0.15) is 17.6 Å². The number of hydrogen-bond acceptors (Lipinski definition) is 2. The lowest BCUT2D eigenvalue weighted by molar-refractivity contribution is -0.253. The van der Waals surface area contributed by atoms with Gasteiger partial charge in [0.25, 0.3) is 0 Å². The first-order chi connectivity index (χ1) is 9.92. The van der Waals surface area contributed by atoms with Crippen molar-refractivity contribution in [3.63, 3.8) is 0 Å². The second kappa shape index (κ2) is 6.03. The molecule has 2 aromatic rings. The quantitative estimate of drug-likeness (QED) is 0.751. The molecule has 0 amide bonds. The highest BCUT2D eigenvalue weighted by molar-refractivity contribution is 5.65. The fourth-order valence-electron chi connectivity index (χ4n) is 1.72. The molecule has 0 aliphatic rings. The summed E-state index contributed by atoms with van der Waals surface area (Å²) in [4.78, 5) is 0. The lowest BCUT2D eigenvalue weighted by Gasteiger charge is -2.17. The van der Waals surface area contributed by atoms with Gasteiger partial charge in [-0.3, -0.25) is 0 Å². The molecule has 2 rings (SSSR count). The molecule has 0 N–H and O–H groups in total. The maximum Gasteiger partial charge on any atom is 0.461 e. The Balaban J connectivity index is 2.24. The largest absolute Gasteiger partial charge is 0.497 e. The topological polar surface area (TPSA) is 18.5 Å². The summed E-state index contributed by atoms with van der Waals surface area (Å²) in [5, 5.41) is 0. The molecule has 0 aromatic heterocycles. The van der Waals surface area contributed by atoms with Crippen LogP contribution in [-0.4, -0.2) is 19.6 Å². The molecular formula is C15H12F4O2. The number of alkyl halides is 4. The maximum absolute atomic E-state index is 12.9. The lowest BCUT2D eigenvalue weighted by Crippen LogP contribution is -2.33. The molecule has 0 aliphatic carbocycles. The van der Waals surface area contributed by atoms with Gasteiger partial charge in [0.2, 0.25) is 0 Å². The Morgan fingerprint density at radius 3 is 2.14 bits per heavy atom. The molecular weight excluding hydrogens is 288 g/mol.